The quantitative estimate of drug-likeness (QED) is 0.694. The summed E-state index contributed by atoms with van der Waals surface area (Å²) >= 11 is 12.1. The Morgan fingerprint density at radius 1 is 1.10 bits per heavy atom. The first-order valence-corrected chi connectivity index (χ1v) is 11.5. The fourth-order valence-corrected chi connectivity index (χ4v) is 5.15. The zero-order valence-electron chi connectivity index (χ0n) is 16.0. The van der Waals surface area contributed by atoms with Crippen LogP contribution in [0.2, 0.25) is 10.0 Å². The summed E-state index contributed by atoms with van der Waals surface area (Å²) in [6.45, 7) is 2.51. The number of nitrogens with zero attached hydrogens (tertiary/aromatic N) is 1. The van der Waals surface area contributed by atoms with Crippen LogP contribution in [-0.4, -0.2) is 38.3 Å². The molecule has 1 amide bonds. The van der Waals surface area contributed by atoms with E-state index >= 15 is 0 Å². The summed E-state index contributed by atoms with van der Waals surface area (Å²) in [5.74, 6) is -0.222. The largest absolute Gasteiger partial charge is 0.481 e. The SMILES string of the molecule is Cc1ccc(S(=O)(=O)N2CCCCC2)cc1NC(=O)COc1c(Cl)cccc1Cl. The van der Waals surface area contributed by atoms with Gasteiger partial charge in [-0.1, -0.05) is 41.8 Å². The number of anilines is 1. The molecule has 1 aliphatic heterocycles. The van der Waals surface area contributed by atoms with Crippen LogP contribution >= 0.6 is 23.2 Å². The van der Waals surface area contributed by atoms with Gasteiger partial charge < -0.3 is 10.1 Å². The summed E-state index contributed by atoms with van der Waals surface area (Å²) in [6, 6.07) is 9.63. The number of carbonyl (C=O) groups excluding carboxylic acids is 1. The summed E-state index contributed by atoms with van der Waals surface area (Å²) in [7, 11) is -3.59. The third-order valence-electron chi connectivity index (χ3n) is 4.70. The van der Waals surface area contributed by atoms with Crippen LogP contribution in [0.4, 0.5) is 5.69 Å². The van der Waals surface area contributed by atoms with Crippen LogP contribution in [0, 0.1) is 6.92 Å². The van der Waals surface area contributed by atoms with Crippen molar-refractivity contribution in [3.05, 3.63) is 52.0 Å². The summed E-state index contributed by atoms with van der Waals surface area (Å²) in [5.41, 5.74) is 1.16. The first-order chi connectivity index (χ1) is 13.8. The number of hydrogen-bond acceptors (Lipinski definition) is 4. The Morgan fingerprint density at radius 2 is 1.76 bits per heavy atom. The number of benzene rings is 2. The number of amides is 1. The van der Waals surface area contributed by atoms with Gasteiger partial charge in [0, 0.05) is 18.8 Å². The van der Waals surface area contributed by atoms with Crippen LogP contribution in [0.25, 0.3) is 0 Å². The van der Waals surface area contributed by atoms with Crippen molar-refractivity contribution in [1.82, 2.24) is 4.31 Å². The standard InChI is InChI=1S/C20H22Cl2N2O4S/c1-14-8-9-15(29(26,27)24-10-3-2-4-11-24)12-18(14)23-19(25)13-28-20-16(21)6-5-7-17(20)22/h5-9,12H,2-4,10-11,13H2,1H3,(H,23,25). The monoisotopic (exact) mass is 456 g/mol. The van der Waals surface area contributed by atoms with E-state index in [2.05, 4.69) is 5.32 Å². The molecule has 156 valence electrons. The van der Waals surface area contributed by atoms with Gasteiger partial charge in [-0.15, -0.1) is 0 Å². The average molecular weight is 457 g/mol. The lowest BCUT2D eigenvalue weighted by Crippen LogP contribution is -2.35. The molecule has 2 aromatic carbocycles. The van der Waals surface area contributed by atoms with E-state index in [1.54, 1.807) is 37.3 Å². The molecule has 0 saturated carbocycles. The Kier molecular flexibility index (Phi) is 7.05. The molecule has 0 radical (unpaired) electrons. The molecule has 1 aliphatic rings. The fourth-order valence-electron chi connectivity index (χ4n) is 3.09. The van der Waals surface area contributed by atoms with Crippen LogP contribution < -0.4 is 10.1 Å². The lowest BCUT2D eigenvalue weighted by Gasteiger charge is -2.26. The van der Waals surface area contributed by atoms with E-state index in [1.165, 1.54) is 10.4 Å². The Bertz CT molecular complexity index is 985. The van der Waals surface area contributed by atoms with E-state index in [1.807, 2.05) is 0 Å². The van der Waals surface area contributed by atoms with Gasteiger partial charge in [0.15, 0.2) is 12.4 Å². The molecule has 6 nitrogen and oxygen atoms in total. The number of halogens is 2. The molecule has 0 aliphatic carbocycles. The number of rotatable bonds is 6. The molecule has 2 aromatic rings. The molecule has 1 saturated heterocycles. The molecule has 29 heavy (non-hydrogen) atoms. The molecule has 0 atom stereocenters. The van der Waals surface area contributed by atoms with Crippen molar-refractivity contribution >= 4 is 44.8 Å². The third-order valence-corrected chi connectivity index (χ3v) is 7.19. The molecular formula is C20H22Cl2N2O4S. The van der Waals surface area contributed by atoms with Crippen LogP contribution in [0.3, 0.4) is 0 Å². The minimum Gasteiger partial charge on any atom is -0.481 e. The van der Waals surface area contributed by atoms with Gasteiger partial charge in [-0.25, -0.2) is 8.42 Å². The normalized spacial score (nSPS) is 15.1. The summed E-state index contributed by atoms with van der Waals surface area (Å²) in [5, 5.41) is 3.31. The first-order valence-electron chi connectivity index (χ1n) is 9.26. The number of hydrogen-bond donors (Lipinski definition) is 1. The van der Waals surface area contributed by atoms with Crippen LogP contribution in [0.15, 0.2) is 41.3 Å². The highest BCUT2D eigenvalue weighted by molar-refractivity contribution is 7.89. The minimum absolute atomic E-state index is 0.162. The predicted octanol–water partition coefficient (Wildman–Crippen LogP) is 4.49. The van der Waals surface area contributed by atoms with Crippen molar-refractivity contribution in [2.45, 2.75) is 31.1 Å². The van der Waals surface area contributed by atoms with Gasteiger partial charge in [-0.3, -0.25) is 4.79 Å². The fraction of sp³-hybridized carbons (Fsp3) is 0.350. The van der Waals surface area contributed by atoms with E-state index in [4.69, 9.17) is 27.9 Å². The lowest BCUT2D eigenvalue weighted by molar-refractivity contribution is -0.118. The average Bonchev–Trinajstić information content (AvgIpc) is 2.70. The highest BCUT2D eigenvalue weighted by atomic mass is 35.5. The molecule has 1 fully saturated rings. The molecule has 3 rings (SSSR count). The van der Waals surface area contributed by atoms with E-state index in [-0.39, 0.29) is 17.3 Å². The number of nitrogens with one attached hydrogen (secondary N) is 1. The van der Waals surface area contributed by atoms with Gasteiger partial charge in [0.1, 0.15) is 0 Å². The lowest BCUT2D eigenvalue weighted by atomic mass is 10.2. The van der Waals surface area contributed by atoms with E-state index in [0.717, 1.165) is 24.8 Å². The van der Waals surface area contributed by atoms with Crippen molar-refractivity contribution in [2.75, 3.05) is 25.0 Å². The van der Waals surface area contributed by atoms with Crippen molar-refractivity contribution < 1.29 is 17.9 Å². The second kappa shape index (κ2) is 9.34. The highest BCUT2D eigenvalue weighted by Crippen LogP contribution is 2.32. The van der Waals surface area contributed by atoms with E-state index in [9.17, 15) is 13.2 Å². The second-order valence-corrected chi connectivity index (χ2v) is 9.58. The Hall–Kier alpha value is -1.80. The van der Waals surface area contributed by atoms with E-state index in [0.29, 0.717) is 28.8 Å². The predicted molar refractivity (Wildman–Crippen MR) is 114 cm³/mol. The summed E-state index contributed by atoms with van der Waals surface area (Å²) in [4.78, 5) is 12.5. The number of sulfonamides is 1. The van der Waals surface area contributed by atoms with E-state index < -0.39 is 15.9 Å². The van der Waals surface area contributed by atoms with Crippen LogP contribution in [0.1, 0.15) is 24.8 Å². The Balaban J connectivity index is 1.72. The zero-order chi connectivity index (χ0) is 21.0. The van der Waals surface area contributed by atoms with Crippen LogP contribution in [0.5, 0.6) is 5.75 Å². The van der Waals surface area contributed by atoms with Gasteiger partial charge in [-0.05, 0) is 49.6 Å². The van der Waals surface area contributed by atoms with Crippen molar-refractivity contribution in [3.63, 3.8) is 0 Å². The van der Waals surface area contributed by atoms with Gasteiger partial charge in [0.05, 0.1) is 14.9 Å². The number of para-hydroxylation sites is 1. The zero-order valence-corrected chi connectivity index (χ0v) is 18.3. The molecule has 1 heterocycles. The summed E-state index contributed by atoms with van der Waals surface area (Å²) < 4.78 is 32.7. The Labute approximate surface area is 180 Å². The summed E-state index contributed by atoms with van der Waals surface area (Å²) in [6.07, 6.45) is 2.75. The molecule has 0 unspecified atom stereocenters. The highest BCUT2D eigenvalue weighted by Gasteiger charge is 2.26. The molecule has 0 spiro atoms. The van der Waals surface area contributed by atoms with Gasteiger partial charge in [-0.2, -0.15) is 4.31 Å². The van der Waals surface area contributed by atoms with Gasteiger partial charge >= 0.3 is 0 Å². The molecular weight excluding hydrogens is 435 g/mol. The van der Waals surface area contributed by atoms with Crippen molar-refractivity contribution in [2.24, 2.45) is 0 Å². The second-order valence-electron chi connectivity index (χ2n) is 6.83. The van der Waals surface area contributed by atoms with Crippen LogP contribution in [-0.2, 0) is 14.8 Å². The minimum atomic E-state index is -3.59. The molecule has 0 bridgehead atoms. The molecule has 1 N–H and O–H groups in total. The maximum atomic E-state index is 12.9. The number of aryl methyl sites for hydroxylation is 1. The van der Waals surface area contributed by atoms with Gasteiger partial charge in [0.2, 0.25) is 10.0 Å². The first kappa shape index (κ1) is 21.9. The Morgan fingerprint density at radius 3 is 2.41 bits per heavy atom. The maximum Gasteiger partial charge on any atom is 0.262 e. The smallest absolute Gasteiger partial charge is 0.262 e. The third kappa shape index (κ3) is 5.22. The van der Waals surface area contributed by atoms with Crippen molar-refractivity contribution in [1.29, 1.82) is 0 Å². The van der Waals surface area contributed by atoms with Gasteiger partial charge in [0.25, 0.3) is 5.91 Å². The number of ether oxygens (including phenoxy) is 1. The number of piperidine rings is 1. The molecule has 9 heteroatoms. The number of carbonyl (C=O) groups is 1. The maximum absolute atomic E-state index is 12.9. The molecule has 0 aromatic heterocycles. The van der Waals surface area contributed by atoms with Crippen molar-refractivity contribution in [3.8, 4) is 5.75 Å². The topological polar surface area (TPSA) is 75.7 Å².